The van der Waals surface area contributed by atoms with E-state index >= 15 is 0 Å². The molecule has 8 heteroatoms. The van der Waals surface area contributed by atoms with Crippen LogP contribution in [-0.2, 0) is 14.3 Å². The second-order valence-corrected chi connectivity index (χ2v) is 8.80. The van der Waals surface area contributed by atoms with Gasteiger partial charge in [-0.15, -0.1) is 0 Å². The number of esters is 1. The van der Waals surface area contributed by atoms with E-state index in [-0.39, 0.29) is 24.7 Å². The van der Waals surface area contributed by atoms with Crippen molar-refractivity contribution in [1.29, 1.82) is 0 Å². The zero-order valence-electron chi connectivity index (χ0n) is 19.2. The molecule has 1 heterocycles. The number of ether oxygens (including phenoxy) is 3. The molecule has 1 aliphatic rings. The highest BCUT2D eigenvalue weighted by molar-refractivity contribution is 5.93. The van der Waals surface area contributed by atoms with Crippen molar-refractivity contribution in [3.63, 3.8) is 0 Å². The zero-order chi connectivity index (χ0) is 23.8. The van der Waals surface area contributed by atoms with E-state index in [9.17, 15) is 14.4 Å². The molecule has 1 fully saturated rings. The standard InChI is InChI=1S/C25H30N2O6/c1-25(2,3)33-24(30)27-15-13-21(14-16-27)32-23(29)18-9-11-19(12-10-18)26-22(28)17-31-20-7-5-4-6-8-20/h4-12,21H,13-17H2,1-3H3,(H,26,28). The summed E-state index contributed by atoms with van der Waals surface area (Å²) < 4.78 is 16.4. The first kappa shape index (κ1) is 24.1. The van der Waals surface area contributed by atoms with Gasteiger partial charge in [0.2, 0.25) is 0 Å². The van der Waals surface area contributed by atoms with Crippen LogP contribution in [0.25, 0.3) is 0 Å². The summed E-state index contributed by atoms with van der Waals surface area (Å²) in [6.07, 6.45) is 0.505. The molecule has 1 N–H and O–H groups in total. The number of piperidine rings is 1. The highest BCUT2D eigenvalue weighted by Crippen LogP contribution is 2.19. The van der Waals surface area contributed by atoms with E-state index in [4.69, 9.17) is 14.2 Å². The number of para-hydroxylation sites is 1. The predicted molar refractivity (Wildman–Crippen MR) is 123 cm³/mol. The Balaban J connectivity index is 1.42. The Hall–Kier alpha value is -3.55. The summed E-state index contributed by atoms with van der Waals surface area (Å²) in [5.74, 6) is -0.121. The molecule has 2 aromatic rings. The zero-order valence-corrected chi connectivity index (χ0v) is 19.2. The first-order chi connectivity index (χ1) is 15.7. The molecule has 0 bridgehead atoms. The fourth-order valence-corrected chi connectivity index (χ4v) is 3.25. The maximum Gasteiger partial charge on any atom is 0.410 e. The largest absolute Gasteiger partial charge is 0.484 e. The van der Waals surface area contributed by atoms with Gasteiger partial charge in [0.05, 0.1) is 5.56 Å². The Kier molecular flexibility index (Phi) is 7.92. The summed E-state index contributed by atoms with van der Waals surface area (Å²) in [6, 6.07) is 15.6. The van der Waals surface area contributed by atoms with E-state index < -0.39 is 11.6 Å². The molecule has 0 radical (unpaired) electrons. The summed E-state index contributed by atoms with van der Waals surface area (Å²) >= 11 is 0. The number of nitrogens with zero attached hydrogens (tertiary/aromatic N) is 1. The smallest absolute Gasteiger partial charge is 0.410 e. The number of carbonyl (C=O) groups is 3. The first-order valence-electron chi connectivity index (χ1n) is 11.0. The lowest BCUT2D eigenvalue weighted by atomic mass is 10.1. The predicted octanol–water partition coefficient (Wildman–Crippen LogP) is 4.26. The molecule has 3 rings (SSSR count). The highest BCUT2D eigenvalue weighted by Gasteiger charge is 2.28. The number of anilines is 1. The van der Waals surface area contributed by atoms with Crippen molar-refractivity contribution < 1.29 is 28.6 Å². The second kappa shape index (κ2) is 10.8. The minimum atomic E-state index is -0.541. The average molecular weight is 455 g/mol. The van der Waals surface area contributed by atoms with Gasteiger partial charge in [-0.1, -0.05) is 18.2 Å². The number of likely N-dealkylation sites (tertiary alicyclic amines) is 1. The SMILES string of the molecule is CC(C)(C)OC(=O)N1CCC(OC(=O)c2ccc(NC(=O)COc3ccccc3)cc2)CC1. The minimum absolute atomic E-state index is 0.115. The van der Waals surface area contributed by atoms with E-state index in [2.05, 4.69) is 5.32 Å². The van der Waals surface area contributed by atoms with Crippen molar-refractivity contribution in [3.8, 4) is 5.75 Å². The third kappa shape index (κ3) is 7.82. The van der Waals surface area contributed by atoms with Crippen molar-refractivity contribution in [1.82, 2.24) is 4.90 Å². The van der Waals surface area contributed by atoms with Gasteiger partial charge < -0.3 is 24.4 Å². The van der Waals surface area contributed by atoms with Gasteiger partial charge in [-0.05, 0) is 57.2 Å². The molecule has 176 valence electrons. The Morgan fingerprint density at radius 3 is 2.21 bits per heavy atom. The monoisotopic (exact) mass is 454 g/mol. The summed E-state index contributed by atoms with van der Waals surface area (Å²) in [6.45, 7) is 6.32. The Morgan fingerprint density at radius 2 is 1.61 bits per heavy atom. The number of benzene rings is 2. The van der Waals surface area contributed by atoms with Crippen LogP contribution in [0.5, 0.6) is 5.75 Å². The highest BCUT2D eigenvalue weighted by atomic mass is 16.6. The lowest BCUT2D eigenvalue weighted by Crippen LogP contribution is -2.43. The topological polar surface area (TPSA) is 94.2 Å². The molecule has 0 unspecified atom stereocenters. The number of rotatable bonds is 6. The van der Waals surface area contributed by atoms with Crippen molar-refractivity contribution >= 4 is 23.7 Å². The second-order valence-electron chi connectivity index (χ2n) is 8.80. The van der Waals surface area contributed by atoms with Crippen LogP contribution in [0.3, 0.4) is 0 Å². The third-order valence-electron chi connectivity index (χ3n) is 4.88. The van der Waals surface area contributed by atoms with E-state index in [1.807, 2.05) is 39.0 Å². The molecule has 2 amide bonds. The van der Waals surface area contributed by atoms with Crippen LogP contribution in [0, 0.1) is 0 Å². The minimum Gasteiger partial charge on any atom is -0.484 e. The molecule has 0 atom stereocenters. The number of hydrogen-bond donors (Lipinski definition) is 1. The van der Waals surface area contributed by atoms with Gasteiger partial charge in [-0.3, -0.25) is 4.79 Å². The summed E-state index contributed by atoms with van der Waals surface area (Å²) in [7, 11) is 0. The van der Waals surface area contributed by atoms with Gasteiger partial charge in [0.1, 0.15) is 17.5 Å². The van der Waals surface area contributed by atoms with Crippen molar-refractivity contribution in [2.24, 2.45) is 0 Å². The average Bonchev–Trinajstić information content (AvgIpc) is 2.78. The molecule has 2 aromatic carbocycles. The number of carbonyl (C=O) groups excluding carboxylic acids is 3. The number of nitrogens with one attached hydrogen (secondary N) is 1. The molecule has 0 aliphatic carbocycles. The van der Waals surface area contributed by atoms with Crippen LogP contribution in [0.4, 0.5) is 10.5 Å². The van der Waals surface area contributed by atoms with Gasteiger partial charge in [0.25, 0.3) is 5.91 Å². The summed E-state index contributed by atoms with van der Waals surface area (Å²) in [5.41, 5.74) is 0.406. The molecule has 1 saturated heterocycles. The van der Waals surface area contributed by atoms with Crippen molar-refractivity contribution in [3.05, 3.63) is 60.2 Å². The number of amides is 2. The van der Waals surface area contributed by atoms with Crippen molar-refractivity contribution in [2.45, 2.75) is 45.3 Å². The van der Waals surface area contributed by atoms with Crippen molar-refractivity contribution in [2.75, 3.05) is 25.0 Å². The Bertz CT molecular complexity index is 945. The molecular weight excluding hydrogens is 424 g/mol. The van der Waals surface area contributed by atoms with Crippen LogP contribution in [-0.4, -0.2) is 54.3 Å². The lowest BCUT2D eigenvalue weighted by molar-refractivity contribution is -0.118. The first-order valence-corrected chi connectivity index (χ1v) is 11.0. The van der Waals surface area contributed by atoms with Gasteiger partial charge in [-0.25, -0.2) is 9.59 Å². The van der Waals surface area contributed by atoms with Crippen LogP contribution >= 0.6 is 0 Å². The van der Waals surface area contributed by atoms with Crippen LogP contribution < -0.4 is 10.1 Å². The third-order valence-corrected chi connectivity index (χ3v) is 4.88. The van der Waals surface area contributed by atoms with Crippen LogP contribution in [0.2, 0.25) is 0 Å². The molecular formula is C25H30N2O6. The fraction of sp³-hybridized carbons (Fsp3) is 0.400. The lowest BCUT2D eigenvalue weighted by Gasteiger charge is -2.33. The molecule has 0 spiro atoms. The van der Waals surface area contributed by atoms with Gasteiger partial charge in [-0.2, -0.15) is 0 Å². The van der Waals surface area contributed by atoms with E-state index in [0.29, 0.717) is 42.9 Å². The molecule has 8 nitrogen and oxygen atoms in total. The van der Waals surface area contributed by atoms with E-state index in [1.165, 1.54) is 0 Å². The van der Waals surface area contributed by atoms with Gasteiger partial charge in [0, 0.05) is 31.6 Å². The Labute approximate surface area is 193 Å². The quantitative estimate of drug-likeness (QED) is 0.656. The normalized spacial score (nSPS) is 14.3. The Morgan fingerprint density at radius 1 is 0.970 bits per heavy atom. The van der Waals surface area contributed by atoms with Gasteiger partial charge in [0.15, 0.2) is 6.61 Å². The molecule has 33 heavy (non-hydrogen) atoms. The molecule has 0 saturated carbocycles. The molecule has 1 aliphatic heterocycles. The number of hydrogen-bond acceptors (Lipinski definition) is 6. The maximum absolute atomic E-state index is 12.5. The van der Waals surface area contributed by atoms with Gasteiger partial charge >= 0.3 is 12.1 Å². The van der Waals surface area contributed by atoms with Crippen LogP contribution in [0.15, 0.2) is 54.6 Å². The fourth-order valence-electron chi connectivity index (χ4n) is 3.25. The molecule has 0 aromatic heterocycles. The summed E-state index contributed by atoms with van der Waals surface area (Å²) in [4.78, 5) is 38.3. The van der Waals surface area contributed by atoms with Crippen LogP contribution in [0.1, 0.15) is 44.0 Å². The van der Waals surface area contributed by atoms with E-state index in [0.717, 1.165) is 0 Å². The maximum atomic E-state index is 12.5. The summed E-state index contributed by atoms with van der Waals surface area (Å²) in [5, 5.41) is 2.73. The van der Waals surface area contributed by atoms with E-state index in [1.54, 1.807) is 41.3 Å².